The highest BCUT2D eigenvalue weighted by molar-refractivity contribution is 5.06. The number of hydroxylamine groups is 1. The summed E-state index contributed by atoms with van der Waals surface area (Å²) in [6.07, 6.45) is 5.72. The van der Waals surface area contributed by atoms with Crippen LogP contribution in [0.5, 0.6) is 0 Å². The van der Waals surface area contributed by atoms with E-state index < -0.39 is 0 Å². The minimum absolute atomic E-state index is 0.505. The molecule has 3 aliphatic rings. The molecule has 2 unspecified atom stereocenters. The summed E-state index contributed by atoms with van der Waals surface area (Å²) >= 11 is 0. The summed E-state index contributed by atoms with van der Waals surface area (Å²) < 4.78 is 0. The Bertz CT molecular complexity index is 167. The Morgan fingerprint density at radius 3 is 2.50 bits per heavy atom. The molecule has 2 bridgehead atoms. The first kappa shape index (κ1) is 7.30. The lowest BCUT2D eigenvalue weighted by Crippen LogP contribution is -2.44. The first-order valence-electron chi connectivity index (χ1n) is 5.04. The molecular weight excluding hydrogens is 152 g/mol. The standard InChI is InChI=1S/C9H16N2O/c1-2-8-9(7(1)11-12-8)3-5-10-6-4-9/h7-8,10-11H,1-6H2. The lowest BCUT2D eigenvalue weighted by molar-refractivity contribution is -0.0191. The third kappa shape index (κ3) is 0.767. The summed E-state index contributed by atoms with van der Waals surface area (Å²) in [7, 11) is 0. The molecule has 12 heavy (non-hydrogen) atoms. The second-order valence-corrected chi connectivity index (χ2v) is 4.34. The smallest absolute Gasteiger partial charge is 0.0863 e. The van der Waals surface area contributed by atoms with Crippen molar-refractivity contribution in [2.24, 2.45) is 5.41 Å². The van der Waals surface area contributed by atoms with E-state index >= 15 is 0 Å². The van der Waals surface area contributed by atoms with E-state index in [0.29, 0.717) is 17.6 Å². The zero-order chi connectivity index (χ0) is 8.02. The zero-order valence-corrected chi connectivity index (χ0v) is 7.31. The second kappa shape index (κ2) is 2.44. The largest absolute Gasteiger partial charge is 0.317 e. The maximum absolute atomic E-state index is 5.57. The van der Waals surface area contributed by atoms with Gasteiger partial charge in [-0.2, -0.15) is 5.48 Å². The molecule has 2 N–H and O–H groups in total. The molecule has 3 nitrogen and oxygen atoms in total. The molecule has 0 amide bonds. The van der Waals surface area contributed by atoms with E-state index in [1.807, 2.05) is 0 Å². The molecule has 1 saturated carbocycles. The first-order valence-corrected chi connectivity index (χ1v) is 5.04. The highest BCUT2D eigenvalue weighted by Gasteiger charge is 2.55. The van der Waals surface area contributed by atoms with Crippen molar-refractivity contribution < 1.29 is 4.84 Å². The van der Waals surface area contributed by atoms with Gasteiger partial charge < -0.3 is 5.32 Å². The van der Waals surface area contributed by atoms with Crippen LogP contribution in [-0.2, 0) is 4.84 Å². The molecule has 2 heterocycles. The summed E-state index contributed by atoms with van der Waals surface area (Å²) in [6.45, 7) is 2.36. The van der Waals surface area contributed by atoms with Crippen LogP contribution in [0.25, 0.3) is 0 Å². The van der Waals surface area contributed by atoms with Gasteiger partial charge in [-0.3, -0.25) is 4.84 Å². The third-order valence-corrected chi connectivity index (χ3v) is 3.94. The summed E-state index contributed by atoms with van der Waals surface area (Å²) in [6, 6.07) is 0.657. The van der Waals surface area contributed by atoms with E-state index in [9.17, 15) is 0 Å². The maximum atomic E-state index is 5.57. The van der Waals surface area contributed by atoms with Crippen LogP contribution in [0.4, 0.5) is 0 Å². The Balaban J connectivity index is 1.88. The van der Waals surface area contributed by atoms with Gasteiger partial charge in [-0.1, -0.05) is 0 Å². The van der Waals surface area contributed by atoms with Crippen LogP contribution in [0.15, 0.2) is 0 Å². The predicted octanol–water partition coefficient (Wildman–Crippen LogP) is 0.422. The molecule has 1 spiro atoms. The van der Waals surface area contributed by atoms with E-state index in [1.54, 1.807) is 0 Å². The van der Waals surface area contributed by atoms with Crippen LogP contribution >= 0.6 is 0 Å². The monoisotopic (exact) mass is 168 g/mol. The quantitative estimate of drug-likeness (QED) is 0.550. The highest BCUT2D eigenvalue weighted by atomic mass is 16.7. The molecule has 2 saturated heterocycles. The van der Waals surface area contributed by atoms with Gasteiger partial charge in [0.2, 0.25) is 0 Å². The van der Waals surface area contributed by atoms with E-state index in [1.165, 1.54) is 38.8 Å². The normalized spacial score (nSPS) is 44.0. The van der Waals surface area contributed by atoms with Crippen molar-refractivity contribution in [3.63, 3.8) is 0 Å². The van der Waals surface area contributed by atoms with Crippen molar-refractivity contribution >= 4 is 0 Å². The Labute approximate surface area is 72.8 Å². The van der Waals surface area contributed by atoms with Crippen molar-refractivity contribution in [1.29, 1.82) is 0 Å². The van der Waals surface area contributed by atoms with Crippen LogP contribution in [0.2, 0.25) is 0 Å². The van der Waals surface area contributed by atoms with Crippen molar-refractivity contribution in [3.8, 4) is 0 Å². The van der Waals surface area contributed by atoms with Gasteiger partial charge >= 0.3 is 0 Å². The Hall–Kier alpha value is -0.120. The van der Waals surface area contributed by atoms with Crippen molar-refractivity contribution in [2.75, 3.05) is 13.1 Å². The maximum Gasteiger partial charge on any atom is 0.0863 e. The summed E-state index contributed by atoms with van der Waals surface area (Å²) in [5.74, 6) is 0. The average molecular weight is 168 g/mol. The lowest BCUT2D eigenvalue weighted by Gasteiger charge is -2.35. The molecular formula is C9H16N2O. The molecule has 68 valence electrons. The topological polar surface area (TPSA) is 33.3 Å². The van der Waals surface area contributed by atoms with Crippen molar-refractivity contribution in [1.82, 2.24) is 10.8 Å². The van der Waals surface area contributed by atoms with Gasteiger partial charge in [0.05, 0.1) is 6.10 Å². The number of nitrogens with one attached hydrogen (secondary N) is 2. The molecule has 0 aromatic carbocycles. The lowest BCUT2D eigenvalue weighted by atomic mass is 9.74. The molecule has 3 heteroatoms. The molecule has 3 rings (SSSR count). The van der Waals surface area contributed by atoms with Crippen LogP contribution < -0.4 is 10.8 Å². The van der Waals surface area contributed by atoms with E-state index in [4.69, 9.17) is 4.84 Å². The summed E-state index contributed by atoms with van der Waals surface area (Å²) in [5.41, 5.74) is 3.69. The number of hydrogen-bond acceptors (Lipinski definition) is 3. The molecule has 3 fully saturated rings. The molecule has 0 radical (unpaired) electrons. The Morgan fingerprint density at radius 2 is 2.00 bits per heavy atom. The zero-order valence-electron chi connectivity index (χ0n) is 7.31. The van der Waals surface area contributed by atoms with Gasteiger partial charge in [-0.25, -0.2) is 0 Å². The van der Waals surface area contributed by atoms with Gasteiger partial charge in [0.25, 0.3) is 0 Å². The van der Waals surface area contributed by atoms with Crippen LogP contribution in [0.1, 0.15) is 25.7 Å². The number of piperidine rings is 1. The van der Waals surface area contributed by atoms with Crippen molar-refractivity contribution in [2.45, 2.75) is 37.8 Å². The first-order chi connectivity index (χ1) is 5.92. The molecule has 2 atom stereocenters. The average Bonchev–Trinajstić information content (AvgIpc) is 2.63. The second-order valence-electron chi connectivity index (χ2n) is 4.34. The van der Waals surface area contributed by atoms with Crippen molar-refractivity contribution in [3.05, 3.63) is 0 Å². The molecule has 1 aliphatic carbocycles. The molecule has 0 aromatic rings. The van der Waals surface area contributed by atoms with E-state index in [-0.39, 0.29) is 0 Å². The summed E-state index contributed by atoms with van der Waals surface area (Å²) in [4.78, 5) is 5.57. The summed E-state index contributed by atoms with van der Waals surface area (Å²) in [5, 5.41) is 3.42. The Kier molecular flexibility index (Phi) is 1.48. The minimum atomic E-state index is 0.505. The fraction of sp³-hybridized carbons (Fsp3) is 1.00. The highest BCUT2D eigenvalue weighted by Crippen LogP contribution is 2.50. The van der Waals surface area contributed by atoms with Gasteiger partial charge in [0.15, 0.2) is 0 Å². The van der Waals surface area contributed by atoms with Crippen LogP contribution in [0.3, 0.4) is 0 Å². The minimum Gasteiger partial charge on any atom is -0.317 e. The molecule has 2 aliphatic heterocycles. The fourth-order valence-corrected chi connectivity index (χ4v) is 3.20. The van der Waals surface area contributed by atoms with E-state index in [2.05, 4.69) is 10.8 Å². The SMILES string of the molecule is C1CC2(CCN1)C1CCC2ON1. The third-order valence-electron chi connectivity index (χ3n) is 3.94. The van der Waals surface area contributed by atoms with Gasteiger partial charge in [0, 0.05) is 11.5 Å². The van der Waals surface area contributed by atoms with Crippen LogP contribution in [-0.4, -0.2) is 25.2 Å². The fourth-order valence-electron chi connectivity index (χ4n) is 3.20. The van der Waals surface area contributed by atoms with Gasteiger partial charge in [-0.05, 0) is 38.8 Å². The van der Waals surface area contributed by atoms with Crippen LogP contribution in [0, 0.1) is 5.41 Å². The van der Waals surface area contributed by atoms with Gasteiger partial charge in [-0.15, -0.1) is 0 Å². The molecule has 0 aromatic heterocycles. The Morgan fingerprint density at radius 1 is 1.17 bits per heavy atom. The predicted molar refractivity (Wildman–Crippen MR) is 45.6 cm³/mol. The number of hydrogen-bond donors (Lipinski definition) is 2. The number of rotatable bonds is 0. The van der Waals surface area contributed by atoms with Gasteiger partial charge in [0.1, 0.15) is 0 Å². The van der Waals surface area contributed by atoms with E-state index in [0.717, 1.165) is 0 Å².